The number of aromatic nitrogens is 1. The van der Waals surface area contributed by atoms with Crippen LogP contribution in [0.1, 0.15) is 26.2 Å². The molecule has 2 heterocycles. The van der Waals surface area contributed by atoms with E-state index in [1.54, 1.807) is 6.20 Å². The highest BCUT2D eigenvalue weighted by molar-refractivity contribution is 5.77. The molecule has 0 spiro atoms. The molecular formula is C14H22N4O. The summed E-state index contributed by atoms with van der Waals surface area (Å²) in [6, 6.07) is 3.88. The lowest BCUT2D eigenvalue weighted by atomic mass is 10.3. The predicted octanol–water partition coefficient (Wildman–Crippen LogP) is 1.94. The van der Waals surface area contributed by atoms with Crippen LogP contribution in [-0.4, -0.2) is 42.0 Å². The molecular weight excluding hydrogens is 240 g/mol. The van der Waals surface area contributed by atoms with E-state index in [2.05, 4.69) is 15.6 Å². The highest BCUT2D eigenvalue weighted by Gasteiger charge is 2.16. The monoisotopic (exact) mass is 262 g/mol. The molecule has 5 nitrogen and oxygen atoms in total. The van der Waals surface area contributed by atoms with E-state index < -0.39 is 0 Å². The van der Waals surface area contributed by atoms with Gasteiger partial charge in [0.05, 0.1) is 0 Å². The van der Waals surface area contributed by atoms with Crippen LogP contribution in [0.3, 0.4) is 0 Å². The van der Waals surface area contributed by atoms with Gasteiger partial charge in [0.1, 0.15) is 5.82 Å². The third-order valence-electron chi connectivity index (χ3n) is 3.24. The number of carbonyl (C=O) groups excluding carboxylic acids is 1. The standard InChI is InChI=1S/C14H22N4O/c1-2-15-13-11-12(5-7-17-13)16-8-6-14(19)18-9-3-4-10-18/h5,7,11H,2-4,6,8-10H2,1H3,(H2,15,16,17). The van der Waals surface area contributed by atoms with Crippen LogP contribution in [-0.2, 0) is 4.79 Å². The van der Waals surface area contributed by atoms with E-state index in [4.69, 9.17) is 0 Å². The molecule has 1 aliphatic rings. The Labute approximate surface area is 114 Å². The molecule has 1 amide bonds. The first-order chi connectivity index (χ1) is 9.29. The second-order valence-electron chi connectivity index (χ2n) is 4.72. The van der Waals surface area contributed by atoms with Crippen molar-refractivity contribution in [3.63, 3.8) is 0 Å². The molecule has 1 saturated heterocycles. The van der Waals surface area contributed by atoms with Gasteiger partial charge < -0.3 is 15.5 Å². The molecule has 0 unspecified atom stereocenters. The van der Waals surface area contributed by atoms with E-state index in [1.807, 2.05) is 24.0 Å². The zero-order chi connectivity index (χ0) is 13.5. The molecule has 0 aromatic carbocycles. The Kier molecular flexibility index (Phi) is 5.01. The first kappa shape index (κ1) is 13.6. The molecule has 2 N–H and O–H groups in total. The molecule has 19 heavy (non-hydrogen) atoms. The van der Waals surface area contributed by atoms with Gasteiger partial charge in [0.25, 0.3) is 0 Å². The Bertz CT molecular complexity index is 416. The van der Waals surface area contributed by atoms with Gasteiger partial charge in [0.15, 0.2) is 0 Å². The van der Waals surface area contributed by atoms with Crippen LogP contribution in [0.2, 0.25) is 0 Å². The fourth-order valence-corrected chi connectivity index (χ4v) is 2.26. The Hall–Kier alpha value is -1.78. The Morgan fingerprint density at radius 2 is 2.16 bits per heavy atom. The summed E-state index contributed by atoms with van der Waals surface area (Å²) in [6.07, 6.45) is 4.62. The fourth-order valence-electron chi connectivity index (χ4n) is 2.26. The number of amides is 1. The number of likely N-dealkylation sites (tertiary alicyclic amines) is 1. The predicted molar refractivity (Wildman–Crippen MR) is 77.3 cm³/mol. The van der Waals surface area contributed by atoms with E-state index in [0.29, 0.717) is 13.0 Å². The minimum Gasteiger partial charge on any atom is -0.384 e. The van der Waals surface area contributed by atoms with Gasteiger partial charge in [-0.15, -0.1) is 0 Å². The SMILES string of the molecule is CCNc1cc(NCCC(=O)N2CCCC2)ccn1. The van der Waals surface area contributed by atoms with E-state index in [9.17, 15) is 4.79 Å². The smallest absolute Gasteiger partial charge is 0.224 e. The normalized spacial score (nSPS) is 14.5. The third-order valence-corrected chi connectivity index (χ3v) is 3.24. The van der Waals surface area contributed by atoms with Crippen LogP contribution < -0.4 is 10.6 Å². The van der Waals surface area contributed by atoms with E-state index in [0.717, 1.165) is 44.0 Å². The number of rotatable bonds is 6. The maximum Gasteiger partial charge on any atom is 0.224 e. The summed E-state index contributed by atoms with van der Waals surface area (Å²) >= 11 is 0. The first-order valence-corrected chi connectivity index (χ1v) is 7.01. The van der Waals surface area contributed by atoms with Gasteiger partial charge >= 0.3 is 0 Å². The Morgan fingerprint density at radius 1 is 1.37 bits per heavy atom. The summed E-state index contributed by atoms with van der Waals surface area (Å²) in [6.45, 7) is 5.42. The summed E-state index contributed by atoms with van der Waals surface area (Å²) < 4.78 is 0. The number of nitrogens with one attached hydrogen (secondary N) is 2. The Morgan fingerprint density at radius 3 is 2.89 bits per heavy atom. The minimum atomic E-state index is 0.256. The lowest BCUT2D eigenvalue weighted by Gasteiger charge is -2.15. The largest absolute Gasteiger partial charge is 0.384 e. The van der Waals surface area contributed by atoms with Gasteiger partial charge in [-0.05, 0) is 25.8 Å². The summed E-state index contributed by atoms with van der Waals surface area (Å²) in [5, 5.41) is 6.44. The van der Waals surface area contributed by atoms with Crippen LogP contribution >= 0.6 is 0 Å². The van der Waals surface area contributed by atoms with Crippen molar-refractivity contribution in [3.05, 3.63) is 18.3 Å². The van der Waals surface area contributed by atoms with Gasteiger partial charge in [-0.2, -0.15) is 0 Å². The molecule has 5 heteroatoms. The number of pyridine rings is 1. The summed E-state index contributed by atoms with van der Waals surface area (Å²) in [5.41, 5.74) is 1.00. The van der Waals surface area contributed by atoms with Crippen LogP contribution in [0.25, 0.3) is 0 Å². The van der Waals surface area contributed by atoms with Gasteiger partial charge in [-0.3, -0.25) is 4.79 Å². The highest BCUT2D eigenvalue weighted by atomic mass is 16.2. The van der Waals surface area contributed by atoms with Crippen molar-refractivity contribution in [1.82, 2.24) is 9.88 Å². The maximum absolute atomic E-state index is 11.9. The quantitative estimate of drug-likeness (QED) is 0.822. The van der Waals surface area contributed by atoms with Crippen molar-refractivity contribution in [1.29, 1.82) is 0 Å². The average molecular weight is 262 g/mol. The molecule has 1 fully saturated rings. The van der Waals surface area contributed by atoms with Crippen molar-refractivity contribution in [2.75, 3.05) is 36.8 Å². The summed E-state index contributed by atoms with van der Waals surface area (Å²) in [7, 11) is 0. The second-order valence-corrected chi connectivity index (χ2v) is 4.72. The fraction of sp³-hybridized carbons (Fsp3) is 0.571. The van der Waals surface area contributed by atoms with Crippen LogP contribution in [0, 0.1) is 0 Å². The number of hydrogen-bond acceptors (Lipinski definition) is 4. The van der Waals surface area contributed by atoms with Crippen molar-refractivity contribution in [3.8, 4) is 0 Å². The maximum atomic E-state index is 11.9. The molecule has 1 aromatic heterocycles. The molecule has 0 saturated carbocycles. The van der Waals surface area contributed by atoms with E-state index in [1.165, 1.54) is 0 Å². The number of hydrogen-bond donors (Lipinski definition) is 2. The topological polar surface area (TPSA) is 57.3 Å². The molecule has 1 aliphatic heterocycles. The molecule has 1 aromatic rings. The van der Waals surface area contributed by atoms with Crippen molar-refractivity contribution in [2.24, 2.45) is 0 Å². The molecule has 0 atom stereocenters. The number of nitrogens with zero attached hydrogens (tertiary/aromatic N) is 2. The molecule has 0 aliphatic carbocycles. The second kappa shape index (κ2) is 6.97. The van der Waals surface area contributed by atoms with E-state index in [-0.39, 0.29) is 5.91 Å². The van der Waals surface area contributed by atoms with Crippen molar-refractivity contribution < 1.29 is 4.79 Å². The molecule has 0 bridgehead atoms. The Balaban J connectivity index is 1.75. The lowest BCUT2D eigenvalue weighted by Crippen LogP contribution is -2.29. The van der Waals surface area contributed by atoms with Crippen LogP contribution in [0.5, 0.6) is 0 Å². The average Bonchev–Trinajstić information content (AvgIpc) is 2.93. The summed E-state index contributed by atoms with van der Waals surface area (Å²) in [4.78, 5) is 18.0. The first-order valence-electron chi connectivity index (χ1n) is 7.01. The molecule has 0 radical (unpaired) electrons. The van der Waals surface area contributed by atoms with Crippen LogP contribution in [0.15, 0.2) is 18.3 Å². The lowest BCUT2D eigenvalue weighted by molar-refractivity contribution is -0.129. The third kappa shape index (κ3) is 4.12. The van der Waals surface area contributed by atoms with Gasteiger partial charge in [-0.25, -0.2) is 4.98 Å². The van der Waals surface area contributed by atoms with Gasteiger partial charge in [0, 0.05) is 50.6 Å². The molecule has 104 valence electrons. The zero-order valence-corrected chi connectivity index (χ0v) is 11.5. The van der Waals surface area contributed by atoms with E-state index >= 15 is 0 Å². The molecule has 2 rings (SSSR count). The highest BCUT2D eigenvalue weighted by Crippen LogP contribution is 2.12. The number of anilines is 2. The van der Waals surface area contributed by atoms with Gasteiger partial charge in [-0.1, -0.05) is 0 Å². The summed E-state index contributed by atoms with van der Waals surface area (Å²) in [5.74, 6) is 1.12. The minimum absolute atomic E-state index is 0.256. The van der Waals surface area contributed by atoms with Crippen molar-refractivity contribution >= 4 is 17.4 Å². The van der Waals surface area contributed by atoms with Crippen LogP contribution in [0.4, 0.5) is 11.5 Å². The number of carbonyl (C=O) groups is 1. The van der Waals surface area contributed by atoms with Crippen molar-refractivity contribution in [2.45, 2.75) is 26.2 Å². The zero-order valence-electron chi connectivity index (χ0n) is 11.5. The van der Waals surface area contributed by atoms with Gasteiger partial charge in [0.2, 0.25) is 5.91 Å².